The third-order valence-electron chi connectivity index (χ3n) is 4.88. The van der Waals surface area contributed by atoms with E-state index in [0.29, 0.717) is 25.4 Å². The van der Waals surface area contributed by atoms with Crippen molar-refractivity contribution in [3.05, 3.63) is 42.1 Å². The van der Waals surface area contributed by atoms with Gasteiger partial charge in [0.2, 0.25) is 11.8 Å². The van der Waals surface area contributed by atoms with E-state index in [1.807, 2.05) is 12.1 Å². The van der Waals surface area contributed by atoms with Gasteiger partial charge >= 0.3 is 0 Å². The number of furan rings is 1. The lowest BCUT2D eigenvalue weighted by Gasteiger charge is -2.37. The van der Waals surface area contributed by atoms with Crippen molar-refractivity contribution in [1.29, 1.82) is 0 Å². The summed E-state index contributed by atoms with van der Waals surface area (Å²) in [5, 5.41) is 7.14. The molecule has 4 rings (SSSR count). The van der Waals surface area contributed by atoms with E-state index in [1.165, 1.54) is 0 Å². The normalized spacial score (nSPS) is 20.3. The number of carbonyl (C=O) groups is 2. The van der Waals surface area contributed by atoms with Gasteiger partial charge in [0.25, 0.3) is 0 Å². The summed E-state index contributed by atoms with van der Waals surface area (Å²) in [4.78, 5) is 27.0. The highest BCUT2D eigenvalue weighted by Crippen LogP contribution is 2.31. The van der Waals surface area contributed by atoms with Gasteiger partial charge < -0.3 is 14.6 Å². The summed E-state index contributed by atoms with van der Waals surface area (Å²) in [5.74, 6) is 0.841. The van der Waals surface area contributed by atoms with Crippen molar-refractivity contribution < 1.29 is 14.0 Å². The number of nitrogens with zero attached hydrogens (tertiary/aromatic N) is 3. The highest BCUT2D eigenvalue weighted by Gasteiger charge is 2.36. The van der Waals surface area contributed by atoms with E-state index in [0.717, 1.165) is 25.0 Å². The topological polar surface area (TPSA) is 80.4 Å². The van der Waals surface area contributed by atoms with Gasteiger partial charge in [-0.25, -0.2) is 0 Å². The molecule has 3 heterocycles. The molecule has 7 nitrogen and oxygen atoms in total. The van der Waals surface area contributed by atoms with Crippen LogP contribution in [0.1, 0.15) is 36.8 Å². The minimum Gasteiger partial charge on any atom is -0.467 e. The monoisotopic (exact) mass is 328 g/mol. The smallest absolute Gasteiger partial charge is 0.247 e. The van der Waals surface area contributed by atoms with Crippen LogP contribution in [0, 0.1) is 5.92 Å². The molecule has 7 heteroatoms. The zero-order valence-corrected chi connectivity index (χ0v) is 13.4. The lowest BCUT2D eigenvalue weighted by molar-refractivity contribution is -0.141. The van der Waals surface area contributed by atoms with Crippen LogP contribution in [0.25, 0.3) is 0 Å². The van der Waals surface area contributed by atoms with Gasteiger partial charge in [0.1, 0.15) is 11.8 Å². The second-order valence-corrected chi connectivity index (χ2v) is 6.43. The van der Waals surface area contributed by atoms with Crippen LogP contribution in [0.2, 0.25) is 0 Å². The summed E-state index contributed by atoms with van der Waals surface area (Å²) in [6, 6.07) is 4.97. The molecular weight excluding hydrogens is 308 g/mol. The first-order valence-corrected chi connectivity index (χ1v) is 8.33. The quantitative estimate of drug-likeness (QED) is 0.922. The van der Waals surface area contributed by atoms with Crippen LogP contribution in [-0.2, 0) is 22.7 Å². The van der Waals surface area contributed by atoms with Gasteiger partial charge in [-0.1, -0.05) is 6.42 Å². The predicted octanol–water partition coefficient (Wildman–Crippen LogP) is 1.48. The minimum absolute atomic E-state index is 0.131. The zero-order chi connectivity index (χ0) is 16.5. The Morgan fingerprint density at radius 2 is 2.21 bits per heavy atom. The summed E-state index contributed by atoms with van der Waals surface area (Å²) < 4.78 is 6.96. The van der Waals surface area contributed by atoms with E-state index >= 15 is 0 Å². The van der Waals surface area contributed by atoms with Crippen molar-refractivity contribution in [2.24, 2.45) is 5.92 Å². The van der Waals surface area contributed by atoms with Crippen molar-refractivity contribution in [2.45, 2.75) is 38.4 Å². The third-order valence-corrected chi connectivity index (χ3v) is 4.88. The SMILES string of the molecule is O=C(NCc1ccco1)C1CN(C(=O)C2CCC2)Cc2ccnn21. The number of nitrogens with one attached hydrogen (secondary N) is 1. The molecule has 2 amide bonds. The Hall–Kier alpha value is -2.57. The van der Waals surface area contributed by atoms with Crippen molar-refractivity contribution in [3.63, 3.8) is 0 Å². The number of rotatable bonds is 4. The Morgan fingerprint density at radius 3 is 2.92 bits per heavy atom. The number of hydrogen-bond donors (Lipinski definition) is 1. The minimum atomic E-state index is -0.497. The fourth-order valence-electron chi connectivity index (χ4n) is 3.27. The Labute approximate surface area is 139 Å². The largest absolute Gasteiger partial charge is 0.467 e. The van der Waals surface area contributed by atoms with E-state index in [1.54, 1.807) is 28.1 Å². The van der Waals surface area contributed by atoms with Crippen LogP contribution < -0.4 is 5.32 Å². The van der Waals surface area contributed by atoms with E-state index in [2.05, 4.69) is 10.4 Å². The molecule has 2 aromatic heterocycles. The molecule has 0 radical (unpaired) electrons. The van der Waals surface area contributed by atoms with Gasteiger partial charge in [0, 0.05) is 12.1 Å². The summed E-state index contributed by atoms with van der Waals surface area (Å²) in [6.07, 6.45) is 6.30. The van der Waals surface area contributed by atoms with Gasteiger partial charge in [-0.15, -0.1) is 0 Å². The van der Waals surface area contributed by atoms with Crippen LogP contribution in [0.15, 0.2) is 35.1 Å². The molecule has 1 saturated carbocycles. The summed E-state index contributed by atoms with van der Waals surface area (Å²) in [7, 11) is 0. The van der Waals surface area contributed by atoms with E-state index in [9.17, 15) is 9.59 Å². The molecule has 1 atom stereocenters. The summed E-state index contributed by atoms with van der Waals surface area (Å²) >= 11 is 0. The summed E-state index contributed by atoms with van der Waals surface area (Å²) in [5.41, 5.74) is 0.895. The first-order valence-electron chi connectivity index (χ1n) is 8.33. The van der Waals surface area contributed by atoms with Crippen molar-refractivity contribution in [2.75, 3.05) is 6.54 Å². The molecule has 0 spiro atoms. The van der Waals surface area contributed by atoms with Crippen molar-refractivity contribution >= 4 is 11.8 Å². The first-order chi connectivity index (χ1) is 11.7. The van der Waals surface area contributed by atoms with Crippen LogP contribution in [-0.4, -0.2) is 33.0 Å². The number of aromatic nitrogens is 2. The predicted molar refractivity (Wildman–Crippen MR) is 84.6 cm³/mol. The van der Waals surface area contributed by atoms with Gasteiger partial charge in [-0.3, -0.25) is 14.3 Å². The van der Waals surface area contributed by atoms with E-state index < -0.39 is 6.04 Å². The van der Waals surface area contributed by atoms with Crippen molar-refractivity contribution in [1.82, 2.24) is 20.0 Å². The Morgan fingerprint density at radius 1 is 1.33 bits per heavy atom. The zero-order valence-electron chi connectivity index (χ0n) is 13.4. The van der Waals surface area contributed by atoms with Gasteiger partial charge in [-0.05, 0) is 31.0 Å². The molecule has 1 unspecified atom stereocenters. The molecule has 0 saturated heterocycles. The Balaban J connectivity index is 1.48. The molecule has 2 aromatic rings. The third kappa shape index (κ3) is 2.70. The molecule has 1 aliphatic heterocycles. The maximum atomic E-state index is 12.6. The van der Waals surface area contributed by atoms with E-state index in [4.69, 9.17) is 4.42 Å². The lowest BCUT2D eigenvalue weighted by Crippen LogP contribution is -2.49. The molecule has 1 fully saturated rings. The highest BCUT2D eigenvalue weighted by atomic mass is 16.3. The molecule has 1 aliphatic carbocycles. The maximum absolute atomic E-state index is 12.6. The number of carbonyl (C=O) groups excluding carboxylic acids is 2. The number of amides is 2. The standard InChI is InChI=1S/C17H20N4O3/c22-16(18-9-14-5-2-8-24-14)15-11-20(17(23)12-3-1-4-12)10-13-6-7-19-21(13)15/h2,5-8,12,15H,1,3-4,9-11H2,(H,18,22). The van der Waals surface area contributed by atoms with Gasteiger partial charge in [0.15, 0.2) is 0 Å². The summed E-state index contributed by atoms with van der Waals surface area (Å²) in [6.45, 7) is 1.22. The maximum Gasteiger partial charge on any atom is 0.247 e. The van der Waals surface area contributed by atoms with Crippen LogP contribution >= 0.6 is 0 Å². The fourth-order valence-corrected chi connectivity index (χ4v) is 3.27. The van der Waals surface area contributed by atoms with Crippen LogP contribution in [0.5, 0.6) is 0 Å². The average Bonchev–Trinajstić information content (AvgIpc) is 3.20. The lowest BCUT2D eigenvalue weighted by atomic mass is 9.84. The number of fused-ring (bicyclic) bond motifs is 1. The average molecular weight is 328 g/mol. The Bertz CT molecular complexity index is 733. The molecule has 0 bridgehead atoms. The van der Waals surface area contributed by atoms with Crippen LogP contribution in [0.4, 0.5) is 0 Å². The molecule has 0 aromatic carbocycles. The fraction of sp³-hybridized carbons (Fsp3) is 0.471. The second-order valence-electron chi connectivity index (χ2n) is 6.43. The Kier molecular flexibility index (Phi) is 3.84. The first kappa shape index (κ1) is 15.0. The van der Waals surface area contributed by atoms with Gasteiger partial charge in [-0.2, -0.15) is 5.10 Å². The molecule has 2 aliphatic rings. The molecular formula is C17H20N4O3. The highest BCUT2D eigenvalue weighted by molar-refractivity contribution is 5.83. The molecule has 126 valence electrons. The number of hydrogen-bond acceptors (Lipinski definition) is 4. The van der Waals surface area contributed by atoms with E-state index in [-0.39, 0.29) is 17.7 Å². The van der Waals surface area contributed by atoms with Gasteiger partial charge in [0.05, 0.1) is 31.6 Å². The second kappa shape index (κ2) is 6.14. The molecule has 24 heavy (non-hydrogen) atoms. The van der Waals surface area contributed by atoms with Crippen LogP contribution in [0.3, 0.4) is 0 Å². The van der Waals surface area contributed by atoms with Crippen molar-refractivity contribution in [3.8, 4) is 0 Å². The molecule has 1 N–H and O–H groups in total.